The molecule has 0 N–H and O–H groups in total. The van der Waals surface area contributed by atoms with E-state index >= 15 is 0 Å². The van der Waals surface area contributed by atoms with Gasteiger partial charge in [-0.15, -0.1) is 0 Å². The number of benzene rings is 2. The molecule has 0 saturated heterocycles. The molecule has 2 amide bonds. The van der Waals surface area contributed by atoms with E-state index in [0.29, 0.717) is 16.8 Å². The Kier molecular flexibility index (Phi) is 3.22. The third-order valence-electron chi connectivity index (χ3n) is 3.01. The van der Waals surface area contributed by atoms with Crippen LogP contribution in [-0.4, -0.2) is 11.8 Å². The molecular weight excluding hydrogens is 393 g/mol. The number of fused-ring (bicyclic) bond motifs is 1. The highest BCUT2D eigenvalue weighted by Gasteiger charge is 2.36. The fraction of sp³-hybridized carbons (Fsp3) is 0. The molecule has 0 radical (unpaired) electrons. The van der Waals surface area contributed by atoms with Gasteiger partial charge in [0, 0.05) is 4.47 Å². The van der Waals surface area contributed by atoms with Crippen LogP contribution in [0.15, 0.2) is 45.3 Å². The molecule has 0 unspecified atom stereocenters. The zero-order valence-corrected chi connectivity index (χ0v) is 13.0. The summed E-state index contributed by atoms with van der Waals surface area (Å²) < 4.78 is 14.2. The summed E-state index contributed by atoms with van der Waals surface area (Å²) in [7, 11) is 0. The van der Waals surface area contributed by atoms with Crippen molar-refractivity contribution in [2.75, 3.05) is 4.90 Å². The molecule has 20 heavy (non-hydrogen) atoms. The summed E-state index contributed by atoms with van der Waals surface area (Å²) in [4.78, 5) is 25.7. The van der Waals surface area contributed by atoms with E-state index < -0.39 is 17.6 Å². The lowest BCUT2D eigenvalue weighted by molar-refractivity contribution is 0.0926. The van der Waals surface area contributed by atoms with E-state index in [-0.39, 0.29) is 4.47 Å². The van der Waals surface area contributed by atoms with E-state index in [2.05, 4.69) is 31.9 Å². The topological polar surface area (TPSA) is 37.4 Å². The maximum Gasteiger partial charge on any atom is 0.266 e. The highest BCUT2D eigenvalue weighted by molar-refractivity contribution is 9.10. The van der Waals surface area contributed by atoms with Crippen molar-refractivity contribution in [1.29, 1.82) is 0 Å². The van der Waals surface area contributed by atoms with Gasteiger partial charge in [-0.2, -0.15) is 0 Å². The third-order valence-corrected chi connectivity index (χ3v) is 4.11. The van der Waals surface area contributed by atoms with Crippen LogP contribution >= 0.6 is 31.9 Å². The van der Waals surface area contributed by atoms with Gasteiger partial charge in [0.25, 0.3) is 11.8 Å². The van der Waals surface area contributed by atoms with Crippen LogP contribution in [0.1, 0.15) is 20.7 Å². The number of hydrogen-bond acceptors (Lipinski definition) is 2. The molecule has 3 rings (SSSR count). The fourth-order valence-corrected chi connectivity index (χ4v) is 2.80. The monoisotopic (exact) mass is 397 g/mol. The summed E-state index contributed by atoms with van der Waals surface area (Å²) in [5.41, 5.74) is 1.02. The number of hydrogen-bond donors (Lipinski definition) is 0. The summed E-state index contributed by atoms with van der Waals surface area (Å²) in [5, 5.41) is 0. The Labute approximate surface area is 130 Å². The molecular formula is C14H6Br2FNO2. The Morgan fingerprint density at radius 1 is 0.900 bits per heavy atom. The van der Waals surface area contributed by atoms with Crippen LogP contribution in [0.4, 0.5) is 10.1 Å². The van der Waals surface area contributed by atoms with Crippen molar-refractivity contribution in [3.05, 3.63) is 62.3 Å². The van der Waals surface area contributed by atoms with Crippen LogP contribution < -0.4 is 4.90 Å². The van der Waals surface area contributed by atoms with E-state index in [1.807, 2.05) is 0 Å². The molecule has 0 aliphatic carbocycles. The van der Waals surface area contributed by atoms with Crippen molar-refractivity contribution >= 4 is 49.4 Å². The zero-order chi connectivity index (χ0) is 14.4. The van der Waals surface area contributed by atoms with Gasteiger partial charge in [0.2, 0.25) is 0 Å². The van der Waals surface area contributed by atoms with Crippen molar-refractivity contribution in [1.82, 2.24) is 0 Å². The Balaban J connectivity index is 2.11. The standard InChI is InChI=1S/C14H6Br2FNO2/c15-7-1-3-9-10(5-7)14(20)18(13(9)19)8-2-4-12(17)11(16)6-8/h1-6H. The molecule has 0 saturated carbocycles. The number of rotatable bonds is 1. The minimum absolute atomic E-state index is 0.202. The maximum absolute atomic E-state index is 13.3. The maximum atomic E-state index is 13.3. The first-order valence-corrected chi connectivity index (χ1v) is 7.21. The predicted octanol–water partition coefficient (Wildman–Crippen LogP) is 4.15. The number of nitrogens with zero attached hydrogens (tertiary/aromatic N) is 1. The van der Waals surface area contributed by atoms with Crippen LogP contribution in [-0.2, 0) is 0 Å². The Bertz CT molecular complexity index is 761. The quantitative estimate of drug-likeness (QED) is 0.676. The number of halogens is 3. The molecule has 0 fully saturated rings. The van der Waals surface area contributed by atoms with Gasteiger partial charge in [-0.05, 0) is 52.3 Å². The lowest BCUT2D eigenvalue weighted by Gasteiger charge is -2.14. The number of carbonyl (C=O) groups excluding carboxylic acids is 2. The van der Waals surface area contributed by atoms with Gasteiger partial charge in [-0.1, -0.05) is 15.9 Å². The molecule has 1 heterocycles. The molecule has 100 valence electrons. The second-order valence-corrected chi connectivity index (χ2v) is 6.00. The van der Waals surface area contributed by atoms with Gasteiger partial charge < -0.3 is 0 Å². The predicted molar refractivity (Wildman–Crippen MR) is 79.4 cm³/mol. The van der Waals surface area contributed by atoms with E-state index in [1.54, 1.807) is 18.2 Å². The van der Waals surface area contributed by atoms with Crippen molar-refractivity contribution in [2.45, 2.75) is 0 Å². The Hall–Kier alpha value is -1.53. The fourth-order valence-electron chi connectivity index (χ4n) is 2.07. The van der Waals surface area contributed by atoms with Gasteiger partial charge in [-0.25, -0.2) is 9.29 Å². The van der Waals surface area contributed by atoms with E-state index in [1.165, 1.54) is 18.2 Å². The van der Waals surface area contributed by atoms with Gasteiger partial charge in [-0.3, -0.25) is 9.59 Å². The lowest BCUT2D eigenvalue weighted by atomic mass is 10.1. The van der Waals surface area contributed by atoms with Crippen LogP contribution in [0, 0.1) is 5.82 Å². The van der Waals surface area contributed by atoms with Crippen LogP contribution in [0.3, 0.4) is 0 Å². The first kappa shape index (κ1) is 13.5. The van der Waals surface area contributed by atoms with Crippen molar-refractivity contribution in [3.8, 4) is 0 Å². The summed E-state index contributed by atoms with van der Waals surface area (Å²) >= 11 is 6.32. The second-order valence-electron chi connectivity index (χ2n) is 4.23. The molecule has 1 aliphatic rings. The zero-order valence-electron chi connectivity index (χ0n) is 9.86. The molecule has 1 aliphatic heterocycles. The molecule has 0 spiro atoms. The van der Waals surface area contributed by atoms with Gasteiger partial charge in [0.05, 0.1) is 21.3 Å². The summed E-state index contributed by atoms with van der Waals surface area (Å²) in [5.74, 6) is -1.27. The van der Waals surface area contributed by atoms with Crippen LogP contribution in [0.5, 0.6) is 0 Å². The van der Waals surface area contributed by atoms with Crippen molar-refractivity contribution in [3.63, 3.8) is 0 Å². The highest BCUT2D eigenvalue weighted by atomic mass is 79.9. The van der Waals surface area contributed by atoms with E-state index in [9.17, 15) is 14.0 Å². The second kappa shape index (κ2) is 4.79. The van der Waals surface area contributed by atoms with E-state index in [4.69, 9.17) is 0 Å². The largest absolute Gasteiger partial charge is 0.268 e. The first-order valence-electron chi connectivity index (χ1n) is 5.62. The van der Waals surface area contributed by atoms with Crippen molar-refractivity contribution in [2.24, 2.45) is 0 Å². The lowest BCUT2D eigenvalue weighted by Crippen LogP contribution is -2.29. The molecule has 0 bridgehead atoms. The highest BCUT2D eigenvalue weighted by Crippen LogP contribution is 2.32. The molecule has 2 aromatic carbocycles. The number of anilines is 1. The van der Waals surface area contributed by atoms with Crippen LogP contribution in [0.25, 0.3) is 0 Å². The Morgan fingerprint density at radius 3 is 2.30 bits per heavy atom. The molecule has 2 aromatic rings. The smallest absolute Gasteiger partial charge is 0.266 e. The number of imide groups is 1. The summed E-state index contributed by atoms with van der Waals surface area (Å²) in [6, 6.07) is 8.92. The third kappa shape index (κ3) is 1.99. The summed E-state index contributed by atoms with van der Waals surface area (Å²) in [6.07, 6.45) is 0. The SMILES string of the molecule is O=C1c2ccc(Br)cc2C(=O)N1c1ccc(F)c(Br)c1. The summed E-state index contributed by atoms with van der Waals surface area (Å²) in [6.45, 7) is 0. The average Bonchev–Trinajstić information content (AvgIpc) is 2.65. The average molecular weight is 399 g/mol. The molecule has 6 heteroatoms. The molecule has 0 aromatic heterocycles. The Morgan fingerprint density at radius 2 is 1.60 bits per heavy atom. The van der Waals surface area contributed by atoms with Gasteiger partial charge in [0.15, 0.2) is 0 Å². The van der Waals surface area contributed by atoms with Gasteiger partial charge >= 0.3 is 0 Å². The number of carbonyl (C=O) groups is 2. The minimum atomic E-state index is -0.451. The normalized spacial score (nSPS) is 13.8. The number of amides is 2. The molecule has 0 atom stereocenters. The molecule has 3 nitrogen and oxygen atoms in total. The first-order chi connectivity index (χ1) is 9.49. The minimum Gasteiger partial charge on any atom is -0.268 e. The van der Waals surface area contributed by atoms with Crippen LogP contribution in [0.2, 0.25) is 0 Å². The van der Waals surface area contributed by atoms with E-state index in [0.717, 1.165) is 9.37 Å². The van der Waals surface area contributed by atoms with Gasteiger partial charge in [0.1, 0.15) is 5.82 Å². The van der Waals surface area contributed by atoms with Crippen molar-refractivity contribution < 1.29 is 14.0 Å².